The van der Waals surface area contributed by atoms with Crippen LogP contribution < -0.4 is 0 Å². The molecule has 4 fully saturated rings. The fourth-order valence-corrected chi connectivity index (χ4v) is 8.08. The van der Waals surface area contributed by atoms with Crippen LogP contribution in [0.1, 0.15) is 57.6 Å². The number of rotatable bonds is 2. The minimum Gasteiger partial charge on any atom is -0.335 e. The maximum absolute atomic E-state index is 14.2. The van der Waals surface area contributed by atoms with Crippen molar-refractivity contribution in [2.45, 2.75) is 64.0 Å². The molecule has 30 heavy (non-hydrogen) atoms. The van der Waals surface area contributed by atoms with Crippen molar-refractivity contribution in [3.63, 3.8) is 0 Å². The number of nitrogens with zero attached hydrogens (tertiary/aromatic N) is 4. The SMILES string of the molecule is CC(C(=O)N1C2CC3(C#N)CC4(C2)CC1C4(C)C3)c1nn(C)c2ccc(F)c(Cl)c12. The monoisotopic (exact) mass is 426 g/mol. The van der Waals surface area contributed by atoms with Gasteiger partial charge in [-0.3, -0.25) is 9.48 Å². The summed E-state index contributed by atoms with van der Waals surface area (Å²) in [6, 6.07) is 5.92. The number of halogens is 2. The van der Waals surface area contributed by atoms with Crippen LogP contribution in [0.2, 0.25) is 5.02 Å². The van der Waals surface area contributed by atoms with Crippen molar-refractivity contribution in [2.24, 2.45) is 23.3 Å². The second kappa shape index (κ2) is 5.37. The number of carbonyl (C=O) groups excluding carboxylic acids is 1. The van der Waals surface area contributed by atoms with Crippen LogP contribution in [0.5, 0.6) is 0 Å². The van der Waals surface area contributed by atoms with Crippen LogP contribution in [-0.2, 0) is 11.8 Å². The van der Waals surface area contributed by atoms with Crippen LogP contribution in [0, 0.1) is 33.4 Å². The Hall–Kier alpha value is -2.13. The van der Waals surface area contributed by atoms with E-state index < -0.39 is 11.7 Å². The van der Waals surface area contributed by atoms with Crippen LogP contribution in [0.25, 0.3) is 10.9 Å². The Morgan fingerprint density at radius 2 is 2.13 bits per heavy atom. The standard InChI is InChI=1S/C23H24ClFN4O/c1-12(19-17-15(28(3)27-19)5-4-14(25)18(17)24)20(30)29-13-6-22(11-26)9-21(2)16(29)8-23(21,7-13)10-22/h4-5,12-13,16H,6-10H2,1-3H3. The Morgan fingerprint density at radius 1 is 1.37 bits per heavy atom. The number of piperidine rings is 2. The first-order valence-electron chi connectivity index (χ1n) is 10.7. The van der Waals surface area contributed by atoms with Crippen molar-refractivity contribution in [3.8, 4) is 6.07 Å². The number of likely N-dealkylation sites (tertiary alicyclic amines) is 1. The summed E-state index contributed by atoms with van der Waals surface area (Å²) in [6.07, 6.45) is 4.67. The molecule has 156 valence electrons. The quantitative estimate of drug-likeness (QED) is 0.708. The van der Waals surface area contributed by atoms with Gasteiger partial charge in [0.25, 0.3) is 0 Å². The molecule has 1 aromatic heterocycles. The maximum Gasteiger partial charge on any atom is 0.232 e. The fourth-order valence-electron chi connectivity index (χ4n) is 7.83. The molecule has 3 aliphatic carbocycles. The van der Waals surface area contributed by atoms with Gasteiger partial charge in [-0.2, -0.15) is 10.4 Å². The first kappa shape index (κ1) is 18.6. The molecule has 0 radical (unpaired) electrons. The van der Waals surface area contributed by atoms with Gasteiger partial charge in [0, 0.05) is 24.5 Å². The Balaban J connectivity index is 1.41. The lowest BCUT2D eigenvalue weighted by Crippen LogP contribution is -2.73. The average molecular weight is 427 g/mol. The highest BCUT2D eigenvalue weighted by Crippen LogP contribution is 2.80. The lowest BCUT2D eigenvalue weighted by Gasteiger charge is -2.70. The van der Waals surface area contributed by atoms with Crippen molar-refractivity contribution < 1.29 is 9.18 Å². The summed E-state index contributed by atoms with van der Waals surface area (Å²) in [4.78, 5) is 15.9. The van der Waals surface area contributed by atoms with Crippen LogP contribution >= 0.6 is 11.6 Å². The number of aromatic nitrogens is 2. The van der Waals surface area contributed by atoms with E-state index in [0.717, 1.165) is 32.1 Å². The summed E-state index contributed by atoms with van der Waals surface area (Å²) >= 11 is 6.30. The van der Waals surface area contributed by atoms with Crippen LogP contribution in [0.3, 0.4) is 0 Å². The molecular formula is C23H24ClFN4O. The number of benzene rings is 1. The topological polar surface area (TPSA) is 61.9 Å². The van der Waals surface area contributed by atoms with Crippen molar-refractivity contribution in [2.75, 3.05) is 0 Å². The predicted octanol–water partition coefficient (Wildman–Crippen LogP) is 4.54. The van der Waals surface area contributed by atoms with Gasteiger partial charge in [0.05, 0.1) is 33.6 Å². The zero-order chi connectivity index (χ0) is 21.2. The molecule has 6 atom stereocenters. The molecule has 0 N–H and O–H groups in total. The van der Waals surface area contributed by atoms with E-state index in [4.69, 9.17) is 11.6 Å². The summed E-state index contributed by atoms with van der Waals surface area (Å²) in [6.45, 7) is 4.14. The molecule has 7 heteroatoms. The molecule has 2 heterocycles. The van der Waals surface area contributed by atoms with Gasteiger partial charge in [-0.05, 0) is 62.0 Å². The molecule has 1 spiro atoms. The summed E-state index contributed by atoms with van der Waals surface area (Å²) < 4.78 is 15.8. The molecular weight excluding hydrogens is 403 g/mol. The lowest BCUT2D eigenvalue weighted by atomic mass is 9.43. The zero-order valence-corrected chi connectivity index (χ0v) is 18.1. The Labute approximate surface area is 179 Å². The van der Waals surface area contributed by atoms with E-state index in [9.17, 15) is 14.4 Å². The lowest BCUT2D eigenvalue weighted by molar-refractivity contribution is -0.210. The van der Waals surface area contributed by atoms with Crippen LogP contribution in [0.4, 0.5) is 4.39 Å². The first-order chi connectivity index (χ1) is 14.2. The number of hydrogen-bond acceptors (Lipinski definition) is 3. The number of nitriles is 1. The van der Waals surface area contributed by atoms with Crippen molar-refractivity contribution in [3.05, 3.63) is 28.7 Å². The van der Waals surface area contributed by atoms with Gasteiger partial charge in [-0.15, -0.1) is 0 Å². The van der Waals surface area contributed by atoms with Crippen molar-refractivity contribution in [1.29, 1.82) is 5.26 Å². The van der Waals surface area contributed by atoms with Gasteiger partial charge < -0.3 is 4.90 Å². The molecule has 2 aromatic rings. The van der Waals surface area contributed by atoms with Gasteiger partial charge in [0.15, 0.2) is 0 Å². The third-order valence-corrected chi connectivity index (χ3v) is 9.47. The highest BCUT2D eigenvalue weighted by molar-refractivity contribution is 6.35. The van der Waals surface area contributed by atoms with Gasteiger partial charge in [0.2, 0.25) is 5.91 Å². The Bertz CT molecular complexity index is 1190. The molecule has 4 bridgehead atoms. The summed E-state index contributed by atoms with van der Waals surface area (Å²) in [5, 5.41) is 15.1. The zero-order valence-electron chi connectivity index (χ0n) is 17.4. The third-order valence-electron chi connectivity index (χ3n) is 9.10. The van der Waals surface area contributed by atoms with E-state index in [1.165, 1.54) is 6.07 Å². The maximum atomic E-state index is 14.2. The molecule has 6 rings (SSSR count). The average Bonchev–Trinajstić information content (AvgIpc) is 3.09. The first-order valence-corrected chi connectivity index (χ1v) is 11.1. The third kappa shape index (κ3) is 1.90. The summed E-state index contributed by atoms with van der Waals surface area (Å²) in [7, 11) is 1.78. The summed E-state index contributed by atoms with van der Waals surface area (Å²) in [5.74, 6) is -1.00. The van der Waals surface area contributed by atoms with Gasteiger partial charge in [-0.1, -0.05) is 18.5 Å². The minimum atomic E-state index is -0.526. The van der Waals surface area contributed by atoms with E-state index in [-0.39, 0.29) is 39.3 Å². The number of hydrogen-bond donors (Lipinski definition) is 0. The molecule has 1 aromatic carbocycles. The Kier molecular flexibility index (Phi) is 3.33. The van der Waals surface area contributed by atoms with Gasteiger partial charge in [-0.25, -0.2) is 4.39 Å². The molecule has 3 saturated carbocycles. The van der Waals surface area contributed by atoms with Gasteiger partial charge in [0.1, 0.15) is 5.82 Å². The summed E-state index contributed by atoms with van der Waals surface area (Å²) in [5.41, 5.74) is 1.23. The molecule has 4 aliphatic rings. The van der Waals surface area contributed by atoms with Crippen LogP contribution in [0.15, 0.2) is 12.1 Å². The van der Waals surface area contributed by atoms with E-state index in [0.29, 0.717) is 16.6 Å². The molecule has 1 amide bonds. The highest BCUT2D eigenvalue weighted by atomic mass is 35.5. The second-order valence-electron chi connectivity index (χ2n) is 10.5. The molecule has 1 saturated heterocycles. The largest absolute Gasteiger partial charge is 0.335 e. The van der Waals surface area contributed by atoms with Crippen LogP contribution in [-0.4, -0.2) is 32.7 Å². The van der Waals surface area contributed by atoms with E-state index in [2.05, 4.69) is 23.0 Å². The fraction of sp³-hybridized carbons (Fsp3) is 0.609. The Morgan fingerprint density at radius 3 is 2.87 bits per heavy atom. The second-order valence-corrected chi connectivity index (χ2v) is 10.8. The molecule has 6 unspecified atom stereocenters. The number of aryl methyl sites for hydroxylation is 1. The minimum absolute atomic E-state index is 0.0203. The van der Waals surface area contributed by atoms with E-state index >= 15 is 0 Å². The smallest absolute Gasteiger partial charge is 0.232 e. The molecule has 1 aliphatic heterocycles. The number of carbonyl (C=O) groups is 1. The number of fused-ring (bicyclic) bond motifs is 5. The normalized spacial score (nSPS) is 39.1. The van der Waals surface area contributed by atoms with E-state index in [1.807, 2.05) is 6.92 Å². The van der Waals surface area contributed by atoms with Crippen molar-refractivity contribution in [1.82, 2.24) is 14.7 Å². The number of amides is 1. The van der Waals surface area contributed by atoms with E-state index in [1.54, 1.807) is 17.8 Å². The van der Waals surface area contributed by atoms with Crippen molar-refractivity contribution >= 4 is 28.4 Å². The highest BCUT2D eigenvalue weighted by Gasteiger charge is 2.79. The molecule has 5 nitrogen and oxygen atoms in total. The predicted molar refractivity (Wildman–Crippen MR) is 110 cm³/mol. The van der Waals surface area contributed by atoms with Gasteiger partial charge >= 0.3 is 0 Å².